The maximum atomic E-state index is 11.9. The molecule has 7 heteroatoms. The van der Waals surface area contributed by atoms with Crippen molar-refractivity contribution >= 4 is 26.0 Å². The summed E-state index contributed by atoms with van der Waals surface area (Å²) in [6.07, 6.45) is 2.82. The van der Waals surface area contributed by atoms with Crippen LogP contribution in [0.5, 0.6) is 0 Å². The number of aromatic nitrogens is 2. The van der Waals surface area contributed by atoms with Crippen molar-refractivity contribution in [2.75, 3.05) is 5.33 Å². The van der Waals surface area contributed by atoms with Gasteiger partial charge in [0.05, 0.1) is 6.20 Å². The van der Waals surface area contributed by atoms with Crippen molar-refractivity contribution in [2.45, 2.75) is 24.8 Å². The predicted molar refractivity (Wildman–Crippen MR) is 65.9 cm³/mol. The number of sulfonamides is 1. The monoisotopic (exact) mass is 309 g/mol. The third-order valence-corrected chi connectivity index (χ3v) is 4.41. The largest absolute Gasteiger partial charge is 0.274 e. The third-order valence-electron chi connectivity index (χ3n) is 2.27. The lowest BCUT2D eigenvalue weighted by atomic mass is 10.1. The summed E-state index contributed by atoms with van der Waals surface area (Å²) in [5.41, 5.74) is 0. The Balaban J connectivity index is 2.87. The van der Waals surface area contributed by atoms with Gasteiger partial charge < -0.3 is 0 Å². The van der Waals surface area contributed by atoms with E-state index >= 15 is 0 Å². The summed E-state index contributed by atoms with van der Waals surface area (Å²) in [6.45, 7) is 3.94. The smallest absolute Gasteiger partial charge is 0.243 e. The van der Waals surface area contributed by atoms with Crippen molar-refractivity contribution in [1.82, 2.24) is 14.5 Å². The molecule has 0 aliphatic heterocycles. The average molecular weight is 310 g/mol. The van der Waals surface area contributed by atoms with Gasteiger partial charge in [-0.25, -0.2) is 13.1 Å². The lowest BCUT2D eigenvalue weighted by Gasteiger charge is -2.19. The van der Waals surface area contributed by atoms with Gasteiger partial charge in [0.2, 0.25) is 10.0 Å². The number of halogens is 1. The SMILES string of the molecule is CC(C)C(CBr)NS(=O)(=O)c1cnn(C)c1. The number of nitrogens with zero attached hydrogens (tertiary/aromatic N) is 2. The van der Waals surface area contributed by atoms with Gasteiger partial charge in [0.15, 0.2) is 0 Å². The molecule has 0 saturated carbocycles. The van der Waals surface area contributed by atoms with E-state index in [2.05, 4.69) is 25.8 Å². The summed E-state index contributed by atoms with van der Waals surface area (Å²) in [6, 6.07) is -0.120. The second-order valence-electron chi connectivity index (χ2n) is 3.98. The molecule has 16 heavy (non-hydrogen) atoms. The van der Waals surface area contributed by atoms with Gasteiger partial charge in [-0.15, -0.1) is 0 Å². The number of nitrogens with one attached hydrogen (secondary N) is 1. The van der Waals surface area contributed by atoms with E-state index in [4.69, 9.17) is 0 Å². The summed E-state index contributed by atoms with van der Waals surface area (Å²) in [5, 5.41) is 4.43. The Labute approximate surface area is 104 Å². The highest BCUT2D eigenvalue weighted by Gasteiger charge is 2.22. The maximum absolute atomic E-state index is 11.9. The number of aryl methyl sites for hydroxylation is 1. The highest BCUT2D eigenvalue weighted by molar-refractivity contribution is 9.09. The molecule has 5 nitrogen and oxygen atoms in total. The van der Waals surface area contributed by atoms with E-state index in [-0.39, 0.29) is 16.9 Å². The summed E-state index contributed by atoms with van der Waals surface area (Å²) in [4.78, 5) is 0.196. The zero-order chi connectivity index (χ0) is 12.3. The quantitative estimate of drug-likeness (QED) is 0.829. The minimum Gasteiger partial charge on any atom is -0.274 e. The Morgan fingerprint density at radius 3 is 2.56 bits per heavy atom. The van der Waals surface area contributed by atoms with Gasteiger partial charge in [0.25, 0.3) is 0 Å². The molecule has 0 aromatic carbocycles. The first-order chi connectivity index (χ1) is 7.36. The van der Waals surface area contributed by atoms with Gasteiger partial charge in [-0.2, -0.15) is 5.10 Å². The van der Waals surface area contributed by atoms with Crippen LogP contribution in [-0.4, -0.2) is 29.6 Å². The Kier molecular flexibility index (Phi) is 4.52. The minimum absolute atomic E-state index is 0.120. The van der Waals surface area contributed by atoms with E-state index in [0.717, 1.165) is 0 Å². The Morgan fingerprint density at radius 1 is 1.56 bits per heavy atom. The van der Waals surface area contributed by atoms with Crippen LogP contribution in [0.3, 0.4) is 0 Å². The lowest BCUT2D eigenvalue weighted by molar-refractivity contribution is 0.484. The maximum Gasteiger partial charge on any atom is 0.243 e. The van der Waals surface area contributed by atoms with E-state index in [9.17, 15) is 8.42 Å². The van der Waals surface area contributed by atoms with E-state index in [1.54, 1.807) is 7.05 Å². The molecule has 0 spiro atoms. The molecular weight excluding hydrogens is 294 g/mol. The molecule has 0 bridgehead atoms. The molecule has 0 aliphatic carbocycles. The Hall–Kier alpha value is -0.400. The molecule has 1 aromatic heterocycles. The van der Waals surface area contributed by atoms with Gasteiger partial charge in [-0.05, 0) is 5.92 Å². The highest BCUT2D eigenvalue weighted by atomic mass is 79.9. The number of rotatable bonds is 5. The fourth-order valence-corrected chi connectivity index (χ4v) is 3.64. The van der Waals surface area contributed by atoms with E-state index in [1.165, 1.54) is 17.1 Å². The molecular formula is C9H16BrN3O2S. The molecule has 1 rings (SSSR count). The average Bonchev–Trinajstić information content (AvgIpc) is 2.61. The molecule has 1 aromatic rings. The topological polar surface area (TPSA) is 64.0 Å². The molecule has 0 amide bonds. The molecule has 0 saturated heterocycles. The van der Waals surface area contributed by atoms with E-state index in [0.29, 0.717) is 5.33 Å². The number of hydrogen-bond acceptors (Lipinski definition) is 3. The van der Waals surface area contributed by atoms with E-state index in [1.807, 2.05) is 13.8 Å². The zero-order valence-electron chi connectivity index (χ0n) is 9.51. The van der Waals surface area contributed by atoms with Crippen LogP contribution < -0.4 is 4.72 Å². The predicted octanol–water partition coefficient (Wildman–Crippen LogP) is 1.12. The summed E-state index contributed by atoms with van der Waals surface area (Å²) >= 11 is 3.30. The first-order valence-corrected chi connectivity index (χ1v) is 7.54. The summed E-state index contributed by atoms with van der Waals surface area (Å²) in [7, 11) is -1.78. The van der Waals surface area contributed by atoms with Crippen LogP contribution in [0.25, 0.3) is 0 Å². The van der Waals surface area contributed by atoms with Gasteiger partial charge in [-0.1, -0.05) is 29.8 Å². The summed E-state index contributed by atoms with van der Waals surface area (Å²) < 4.78 is 28.0. The van der Waals surface area contributed by atoms with Gasteiger partial charge in [0.1, 0.15) is 4.90 Å². The molecule has 92 valence electrons. The second-order valence-corrected chi connectivity index (χ2v) is 6.34. The van der Waals surface area contributed by atoms with Crippen molar-refractivity contribution in [2.24, 2.45) is 13.0 Å². The molecule has 0 radical (unpaired) electrons. The Bertz CT molecular complexity index is 441. The fourth-order valence-electron chi connectivity index (χ4n) is 1.15. The highest BCUT2D eigenvalue weighted by Crippen LogP contribution is 2.11. The fraction of sp³-hybridized carbons (Fsp3) is 0.667. The van der Waals surface area contributed by atoms with Crippen LogP contribution in [0.2, 0.25) is 0 Å². The van der Waals surface area contributed by atoms with Gasteiger partial charge in [-0.3, -0.25) is 4.68 Å². The van der Waals surface area contributed by atoms with Crippen molar-refractivity contribution < 1.29 is 8.42 Å². The summed E-state index contributed by atoms with van der Waals surface area (Å²) in [5.74, 6) is 0.228. The van der Waals surface area contributed by atoms with Crippen LogP contribution in [0, 0.1) is 5.92 Å². The Morgan fingerprint density at radius 2 is 2.19 bits per heavy atom. The molecule has 0 aliphatic rings. The second kappa shape index (κ2) is 5.29. The first-order valence-electron chi connectivity index (χ1n) is 4.93. The van der Waals surface area contributed by atoms with E-state index < -0.39 is 10.0 Å². The number of alkyl halides is 1. The number of hydrogen-bond donors (Lipinski definition) is 1. The molecule has 1 heterocycles. The molecule has 1 unspecified atom stereocenters. The molecule has 0 fully saturated rings. The first kappa shape index (κ1) is 13.7. The van der Waals surface area contributed by atoms with Gasteiger partial charge >= 0.3 is 0 Å². The van der Waals surface area contributed by atoms with Crippen molar-refractivity contribution in [3.05, 3.63) is 12.4 Å². The van der Waals surface area contributed by atoms with Crippen LogP contribution in [0.15, 0.2) is 17.3 Å². The standard InChI is InChI=1S/C9H16BrN3O2S/c1-7(2)9(4-10)12-16(14,15)8-5-11-13(3)6-8/h5-7,9,12H,4H2,1-3H3. The van der Waals surface area contributed by atoms with Crippen LogP contribution >= 0.6 is 15.9 Å². The zero-order valence-corrected chi connectivity index (χ0v) is 11.9. The van der Waals surface area contributed by atoms with Crippen molar-refractivity contribution in [3.63, 3.8) is 0 Å². The van der Waals surface area contributed by atoms with Crippen LogP contribution in [0.1, 0.15) is 13.8 Å². The van der Waals surface area contributed by atoms with Gasteiger partial charge in [0, 0.05) is 24.6 Å². The molecule has 1 N–H and O–H groups in total. The van der Waals surface area contributed by atoms with Crippen molar-refractivity contribution in [1.29, 1.82) is 0 Å². The molecule has 1 atom stereocenters. The normalized spacial score (nSPS) is 14.3. The van der Waals surface area contributed by atoms with Crippen molar-refractivity contribution in [3.8, 4) is 0 Å². The lowest BCUT2D eigenvalue weighted by Crippen LogP contribution is -2.39. The third kappa shape index (κ3) is 3.29. The van der Waals surface area contributed by atoms with Crippen LogP contribution in [0.4, 0.5) is 0 Å². The van der Waals surface area contributed by atoms with Crippen LogP contribution in [-0.2, 0) is 17.1 Å². The minimum atomic E-state index is -3.46.